The Morgan fingerprint density at radius 3 is 2.58 bits per heavy atom. The van der Waals surface area contributed by atoms with Crippen LogP contribution in [0.3, 0.4) is 0 Å². The zero-order chi connectivity index (χ0) is 14.1. The lowest BCUT2D eigenvalue weighted by molar-refractivity contribution is -0.120. The predicted molar refractivity (Wildman–Crippen MR) is 74.3 cm³/mol. The van der Waals surface area contributed by atoms with Gasteiger partial charge >= 0.3 is 0 Å². The van der Waals surface area contributed by atoms with Crippen molar-refractivity contribution in [3.8, 4) is 6.07 Å². The quantitative estimate of drug-likeness (QED) is 0.780. The zero-order valence-corrected chi connectivity index (χ0v) is 11.9. The Bertz CT molecular complexity index is 497. The maximum absolute atomic E-state index is 11.8. The number of carbonyl (C=O) groups is 2. The number of benzene rings is 1. The lowest BCUT2D eigenvalue weighted by Gasteiger charge is -2.07. The molecule has 5 nitrogen and oxygen atoms in total. The molecule has 0 spiro atoms. The van der Waals surface area contributed by atoms with Crippen molar-refractivity contribution in [1.29, 1.82) is 5.26 Å². The summed E-state index contributed by atoms with van der Waals surface area (Å²) in [6.07, 6.45) is 0.483. The van der Waals surface area contributed by atoms with Crippen LogP contribution in [0, 0.1) is 11.3 Å². The van der Waals surface area contributed by atoms with Crippen LogP contribution in [0.1, 0.15) is 23.2 Å². The number of hydrogen-bond acceptors (Lipinski definition) is 3. The maximum atomic E-state index is 11.8. The molecular formula is C13H14BrN3O2. The predicted octanol–water partition coefficient (Wildman–Crippen LogP) is 1.60. The number of nitriles is 1. The van der Waals surface area contributed by atoms with Crippen LogP contribution >= 0.6 is 15.9 Å². The van der Waals surface area contributed by atoms with Gasteiger partial charge in [0.05, 0.1) is 11.6 Å². The topological polar surface area (TPSA) is 82.0 Å². The molecule has 0 fully saturated rings. The van der Waals surface area contributed by atoms with E-state index in [0.29, 0.717) is 25.1 Å². The summed E-state index contributed by atoms with van der Waals surface area (Å²) in [4.78, 5) is 22.8. The summed E-state index contributed by atoms with van der Waals surface area (Å²) in [5.74, 6) is -0.449. The summed E-state index contributed by atoms with van der Waals surface area (Å²) in [5.41, 5.74) is 0.580. The Kier molecular flexibility index (Phi) is 6.61. The third-order valence-electron chi connectivity index (χ3n) is 2.32. The Labute approximate surface area is 120 Å². The highest BCUT2D eigenvalue weighted by Crippen LogP contribution is 2.15. The van der Waals surface area contributed by atoms with Crippen LogP contribution in [-0.2, 0) is 4.79 Å². The summed E-state index contributed by atoms with van der Waals surface area (Å²) < 4.78 is 0.745. The fourth-order valence-electron chi connectivity index (χ4n) is 1.39. The van der Waals surface area contributed by atoms with E-state index in [-0.39, 0.29) is 18.2 Å². The van der Waals surface area contributed by atoms with Crippen molar-refractivity contribution < 1.29 is 9.59 Å². The van der Waals surface area contributed by atoms with Crippen LogP contribution in [-0.4, -0.2) is 24.9 Å². The smallest absolute Gasteiger partial charge is 0.252 e. The number of nitrogens with one attached hydrogen (secondary N) is 2. The summed E-state index contributed by atoms with van der Waals surface area (Å²) in [5, 5.41) is 13.6. The van der Waals surface area contributed by atoms with E-state index < -0.39 is 0 Å². The van der Waals surface area contributed by atoms with Gasteiger partial charge in [0.2, 0.25) is 5.91 Å². The highest BCUT2D eigenvalue weighted by atomic mass is 79.9. The number of amides is 2. The molecule has 19 heavy (non-hydrogen) atoms. The van der Waals surface area contributed by atoms with Crippen molar-refractivity contribution in [3.05, 3.63) is 34.3 Å². The van der Waals surface area contributed by atoms with E-state index >= 15 is 0 Å². The number of rotatable bonds is 6. The number of halogens is 1. The molecule has 2 N–H and O–H groups in total. The van der Waals surface area contributed by atoms with E-state index in [1.54, 1.807) is 24.3 Å². The molecule has 0 aliphatic rings. The molecule has 0 aromatic heterocycles. The highest BCUT2D eigenvalue weighted by Gasteiger charge is 2.07. The number of carbonyl (C=O) groups excluding carboxylic acids is 2. The fourth-order valence-corrected chi connectivity index (χ4v) is 1.86. The summed E-state index contributed by atoms with van der Waals surface area (Å²) in [6, 6.07) is 8.93. The lowest BCUT2D eigenvalue weighted by atomic mass is 10.2. The average Bonchev–Trinajstić information content (AvgIpc) is 2.39. The molecule has 1 aromatic rings. The van der Waals surface area contributed by atoms with E-state index in [1.165, 1.54) is 0 Å². The monoisotopic (exact) mass is 323 g/mol. The van der Waals surface area contributed by atoms with Gasteiger partial charge in [-0.3, -0.25) is 9.59 Å². The minimum Gasteiger partial charge on any atom is -0.355 e. The van der Waals surface area contributed by atoms with Gasteiger partial charge in [0, 0.05) is 17.6 Å². The van der Waals surface area contributed by atoms with E-state index in [4.69, 9.17) is 5.26 Å². The minimum atomic E-state index is -0.292. The van der Waals surface area contributed by atoms with Crippen molar-refractivity contribution in [2.75, 3.05) is 13.1 Å². The molecule has 0 unspecified atom stereocenters. The molecule has 1 aromatic carbocycles. The average molecular weight is 324 g/mol. The first-order valence-corrected chi connectivity index (χ1v) is 6.61. The van der Waals surface area contributed by atoms with Crippen molar-refractivity contribution in [2.24, 2.45) is 0 Å². The fraction of sp³-hybridized carbons (Fsp3) is 0.308. The summed E-state index contributed by atoms with van der Waals surface area (Å²) in [6.45, 7) is 0.907. The Morgan fingerprint density at radius 1 is 1.21 bits per heavy atom. The SMILES string of the molecule is N#CCC(=O)NCCCNC(=O)c1ccccc1Br. The Balaban J connectivity index is 2.24. The van der Waals surface area contributed by atoms with E-state index in [2.05, 4.69) is 26.6 Å². The van der Waals surface area contributed by atoms with Crippen LogP contribution in [0.15, 0.2) is 28.7 Å². The maximum Gasteiger partial charge on any atom is 0.252 e. The van der Waals surface area contributed by atoms with Crippen LogP contribution in [0.5, 0.6) is 0 Å². The largest absolute Gasteiger partial charge is 0.355 e. The normalized spacial score (nSPS) is 9.47. The first-order valence-electron chi connectivity index (χ1n) is 5.81. The second-order valence-corrected chi connectivity index (χ2v) is 4.63. The molecule has 1 rings (SSSR count). The molecule has 0 bridgehead atoms. The van der Waals surface area contributed by atoms with Gasteiger partial charge in [-0.1, -0.05) is 12.1 Å². The van der Waals surface area contributed by atoms with E-state index in [1.807, 2.05) is 6.07 Å². The molecule has 2 amide bonds. The zero-order valence-electron chi connectivity index (χ0n) is 10.3. The molecule has 100 valence electrons. The molecule has 0 aliphatic heterocycles. The standard InChI is InChI=1S/C13H14BrN3O2/c14-11-5-2-1-4-10(11)13(19)17-9-3-8-16-12(18)6-7-15/h1-2,4-5H,3,6,8-9H2,(H,16,18)(H,17,19). The highest BCUT2D eigenvalue weighted by molar-refractivity contribution is 9.10. The summed E-state index contributed by atoms with van der Waals surface area (Å²) in [7, 11) is 0. The second kappa shape index (κ2) is 8.27. The van der Waals surface area contributed by atoms with Crippen molar-refractivity contribution in [3.63, 3.8) is 0 Å². The molecule has 6 heteroatoms. The third-order valence-corrected chi connectivity index (χ3v) is 3.01. The Morgan fingerprint density at radius 2 is 1.89 bits per heavy atom. The van der Waals surface area contributed by atoms with Crippen LogP contribution in [0.4, 0.5) is 0 Å². The van der Waals surface area contributed by atoms with Crippen molar-refractivity contribution in [1.82, 2.24) is 10.6 Å². The van der Waals surface area contributed by atoms with Gasteiger partial charge in [-0.2, -0.15) is 5.26 Å². The van der Waals surface area contributed by atoms with Gasteiger partial charge in [0.25, 0.3) is 5.91 Å². The molecule has 0 radical (unpaired) electrons. The van der Waals surface area contributed by atoms with Crippen LogP contribution in [0.25, 0.3) is 0 Å². The van der Waals surface area contributed by atoms with Gasteiger partial charge in [-0.25, -0.2) is 0 Å². The third kappa shape index (κ3) is 5.53. The second-order valence-electron chi connectivity index (χ2n) is 3.77. The Hall–Kier alpha value is -1.87. The minimum absolute atomic E-state index is 0.136. The molecule has 0 atom stereocenters. The number of hydrogen-bond donors (Lipinski definition) is 2. The first-order chi connectivity index (χ1) is 9.15. The summed E-state index contributed by atoms with van der Waals surface area (Å²) >= 11 is 3.31. The van der Waals surface area contributed by atoms with Gasteiger partial charge in [-0.05, 0) is 34.5 Å². The lowest BCUT2D eigenvalue weighted by Crippen LogP contribution is -2.29. The first kappa shape index (κ1) is 15.2. The van der Waals surface area contributed by atoms with Crippen molar-refractivity contribution in [2.45, 2.75) is 12.8 Å². The molecule has 0 aliphatic carbocycles. The van der Waals surface area contributed by atoms with Gasteiger partial charge in [-0.15, -0.1) is 0 Å². The number of nitrogens with zero attached hydrogens (tertiary/aromatic N) is 1. The van der Waals surface area contributed by atoms with Crippen LogP contribution < -0.4 is 10.6 Å². The molecule has 0 saturated heterocycles. The van der Waals surface area contributed by atoms with Crippen LogP contribution in [0.2, 0.25) is 0 Å². The van der Waals surface area contributed by atoms with Gasteiger partial charge < -0.3 is 10.6 Å². The van der Waals surface area contributed by atoms with Crippen molar-refractivity contribution >= 4 is 27.7 Å². The van der Waals surface area contributed by atoms with Gasteiger partial charge in [0.15, 0.2) is 0 Å². The molecule has 0 heterocycles. The molecule has 0 saturated carbocycles. The van der Waals surface area contributed by atoms with Gasteiger partial charge in [0.1, 0.15) is 6.42 Å². The van der Waals surface area contributed by atoms with E-state index in [9.17, 15) is 9.59 Å². The van der Waals surface area contributed by atoms with E-state index in [0.717, 1.165) is 4.47 Å². The molecular weight excluding hydrogens is 310 g/mol.